The number of carbonyl (C=O) groups excluding carboxylic acids is 1. The predicted octanol–water partition coefficient (Wildman–Crippen LogP) is -0.266. The Morgan fingerprint density at radius 1 is 1.47 bits per heavy atom. The Morgan fingerprint density at radius 2 is 2.11 bits per heavy atom. The molecule has 1 N–H and O–H groups in total. The average Bonchev–Trinajstić information content (AvgIpc) is 2.57. The summed E-state index contributed by atoms with van der Waals surface area (Å²) in [5.74, 6) is 0.467. The van der Waals surface area contributed by atoms with Crippen LogP contribution in [0.25, 0.3) is 0 Å². The van der Waals surface area contributed by atoms with Crippen LogP contribution in [0.1, 0.15) is 26.6 Å². The second-order valence-corrected chi connectivity index (χ2v) is 5.93. The standard InChI is InChI=1S/C11H19N5O3/c1-10(2,3)19-9(17)16-6-11(18,7-16)5-8-12-14-15(4)13-8/h18H,5-7H2,1-4H3. The van der Waals surface area contributed by atoms with Crippen molar-refractivity contribution in [2.24, 2.45) is 7.05 Å². The fourth-order valence-electron chi connectivity index (χ4n) is 1.92. The van der Waals surface area contributed by atoms with E-state index in [1.165, 1.54) is 9.70 Å². The highest BCUT2D eigenvalue weighted by molar-refractivity contribution is 5.69. The first kappa shape index (κ1) is 13.7. The van der Waals surface area contributed by atoms with Gasteiger partial charge in [0.15, 0.2) is 5.82 Å². The van der Waals surface area contributed by atoms with Crippen LogP contribution in [-0.2, 0) is 18.2 Å². The number of hydrogen-bond acceptors (Lipinski definition) is 6. The largest absolute Gasteiger partial charge is 0.444 e. The van der Waals surface area contributed by atoms with E-state index in [4.69, 9.17) is 4.74 Å². The van der Waals surface area contributed by atoms with E-state index < -0.39 is 17.3 Å². The first-order chi connectivity index (χ1) is 8.67. The number of nitrogens with zero attached hydrogens (tertiary/aromatic N) is 5. The summed E-state index contributed by atoms with van der Waals surface area (Å²) in [5, 5.41) is 21.8. The maximum atomic E-state index is 11.7. The second kappa shape index (κ2) is 4.44. The number of carbonyl (C=O) groups is 1. The lowest BCUT2D eigenvalue weighted by molar-refractivity contribution is -0.0983. The number of aromatic nitrogens is 4. The minimum atomic E-state index is -0.986. The summed E-state index contributed by atoms with van der Waals surface area (Å²) in [6.07, 6.45) is -0.135. The van der Waals surface area contributed by atoms with Gasteiger partial charge in [0.05, 0.1) is 20.1 Å². The summed E-state index contributed by atoms with van der Waals surface area (Å²) >= 11 is 0. The van der Waals surface area contributed by atoms with Crippen LogP contribution < -0.4 is 0 Å². The van der Waals surface area contributed by atoms with Crippen LogP contribution in [0, 0.1) is 0 Å². The van der Waals surface area contributed by atoms with Crippen molar-refractivity contribution in [1.29, 1.82) is 0 Å². The van der Waals surface area contributed by atoms with Gasteiger partial charge in [-0.25, -0.2) is 4.79 Å². The predicted molar refractivity (Wildman–Crippen MR) is 65.3 cm³/mol. The molecule has 1 aliphatic heterocycles. The summed E-state index contributed by atoms with van der Waals surface area (Å²) in [6, 6.07) is 0. The number of amides is 1. The van der Waals surface area contributed by atoms with Crippen molar-refractivity contribution in [3.05, 3.63) is 5.82 Å². The fourth-order valence-corrected chi connectivity index (χ4v) is 1.92. The smallest absolute Gasteiger partial charge is 0.410 e. The van der Waals surface area contributed by atoms with Gasteiger partial charge in [0, 0.05) is 6.42 Å². The number of likely N-dealkylation sites (tertiary alicyclic amines) is 1. The van der Waals surface area contributed by atoms with E-state index in [2.05, 4.69) is 15.4 Å². The Bertz CT molecular complexity index is 473. The molecule has 106 valence electrons. The molecule has 2 heterocycles. The summed E-state index contributed by atoms with van der Waals surface area (Å²) in [4.78, 5) is 14.5. The maximum Gasteiger partial charge on any atom is 0.410 e. The fraction of sp³-hybridized carbons (Fsp3) is 0.818. The van der Waals surface area contributed by atoms with Crippen LogP contribution >= 0.6 is 0 Å². The minimum Gasteiger partial charge on any atom is -0.444 e. The molecule has 1 aromatic rings. The lowest BCUT2D eigenvalue weighted by Crippen LogP contribution is -2.65. The SMILES string of the molecule is Cn1nnc(CC2(O)CN(C(=O)OC(C)(C)C)C2)n1. The summed E-state index contributed by atoms with van der Waals surface area (Å²) in [7, 11) is 1.66. The second-order valence-electron chi connectivity index (χ2n) is 5.93. The van der Waals surface area contributed by atoms with Gasteiger partial charge in [-0.3, -0.25) is 0 Å². The third-order valence-electron chi connectivity index (χ3n) is 2.66. The number of β-amino-alcohol motifs (C(OH)–C–C–N with tert-alkyl or cyclic N) is 1. The monoisotopic (exact) mass is 269 g/mol. The van der Waals surface area contributed by atoms with Crippen LogP contribution in [0.15, 0.2) is 0 Å². The van der Waals surface area contributed by atoms with Gasteiger partial charge in [-0.15, -0.1) is 10.2 Å². The molecule has 0 saturated carbocycles. The van der Waals surface area contributed by atoms with Crippen molar-refractivity contribution in [3.8, 4) is 0 Å². The van der Waals surface area contributed by atoms with Gasteiger partial charge in [0.25, 0.3) is 0 Å². The summed E-state index contributed by atoms with van der Waals surface area (Å²) in [6.45, 7) is 5.86. The third-order valence-corrected chi connectivity index (χ3v) is 2.66. The molecule has 0 bridgehead atoms. The zero-order valence-corrected chi connectivity index (χ0v) is 11.6. The number of aliphatic hydroxyl groups is 1. The number of ether oxygens (including phenoxy) is 1. The Labute approximate surface area is 111 Å². The number of aryl methyl sites for hydroxylation is 1. The molecule has 0 atom stereocenters. The molecule has 0 aromatic carbocycles. The maximum absolute atomic E-state index is 11.7. The highest BCUT2D eigenvalue weighted by Crippen LogP contribution is 2.25. The molecule has 8 heteroatoms. The Hall–Kier alpha value is -1.70. The van der Waals surface area contributed by atoms with Gasteiger partial charge in [-0.2, -0.15) is 4.80 Å². The van der Waals surface area contributed by atoms with Crippen LogP contribution in [0.3, 0.4) is 0 Å². The molecular weight excluding hydrogens is 250 g/mol. The van der Waals surface area contributed by atoms with Crippen molar-refractivity contribution in [2.45, 2.75) is 38.4 Å². The van der Waals surface area contributed by atoms with Crippen molar-refractivity contribution >= 4 is 6.09 Å². The van der Waals surface area contributed by atoms with Gasteiger partial charge in [0.1, 0.15) is 11.2 Å². The highest BCUT2D eigenvalue weighted by atomic mass is 16.6. The lowest BCUT2D eigenvalue weighted by atomic mass is 9.90. The van der Waals surface area contributed by atoms with Crippen molar-refractivity contribution in [1.82, 2.24) is 25.1 Å². The van der Waals surface area contributed by atoms with E-state index >= 15 is 0 Å². The molecular formula is C11H19N5O3. The Morgan fingerprint density at radius 3 is 2.58 bits per heavy atom. The van der Waals surface area contributed by atoms with Gasteiger partial charge in [0.2, 0.25) is 0 Å². The first-order valence-corrected chi connectivity index (χ1v) is 6.10. The molecule has 1 aliphatic rings. The molecule has 0 radical (unpaired) electrons. The van der Waals surface area contributed by atoms with Crippen LogP contribution in [0.5, 0.6) is 0 Å². The molecule has 0 spiro atoms. The highest BCUT2D eigenvalue weighted by Gasteiger charge is 2.46. The van der Waals surface area contributed by atoms with E-state index in [0.717, 1.165) is 0 Å². The van der Waals surface area contributed by atoms with E-state index in [1.807, 2.05) is 0 Å². The topological polar surface area (TPSA) is 93.4 Å². The molecule has 8 nitrogen and oxygen atoms in total. The quantitative estimate of drug-likeness (QED) is 0.794. The molecule has 2 rings (SSSR count). The van der Waals surface area contributed by atoms with E-state index in [-0.39, 0.29) is 19.5 Å². The van der Waals surface area contributed by atoms with Crippen molar-refractivity contribution < 1.29 is 14.6 Å². The molecule has 1 aromatic heterocycles. The first-order valence-electron chi connectivity index (χ1n) is 6.10. The van der Waals surface area contributed by atoms with Crippen LogP contribution in [0.2, 0.25) is 0 Å². The van der Waals surface area contributed by atoms with E-state index in [0.29, 0.717) is 5.82 Å². The van der Waals surface area contributed by atoms with Crippen LogP contribution in [-0.4, -0.2) is 60.6 Å². The average molecular weight is 269 g/mol. The van der Waals surface area contributed by atoms with Gasteiger partial charge >= 0.3 is 6.09 Å². The molecule has 1 fully saturated rings. The molecule has 1 amide bonds. The van der Waals surface area contributed by atoms with Gasteiger partial charge in [-0.05, 0) is 26.0 Å². The third kappa shape index (κ3) is 3.40. The zero-order chi connectivity index (χ0) is 14.3. The van der Waals surface area contributed by atoms with Crippen LogP contribution in [0.4, 0.5) is 4.79 Å². The lowest BCUT2D eigenvalue weighted by Gasteiger charge is -2.45. The Balaban J connectivity index is 1.86. The normalized spacial score (nSPS) is 18.1. The number of tetrazole rings is 1. The summed E-state index contributed by atoms with van der Waals surface area (Å²) in [5.41, 5.74) is -1.52. The number of hydrogen-bond donors (Lipinski definition) is 1. The number of rotatable bonds is 2. The van der Waals surface area contributed by atoms with Gasteiger partial charge in [-0.1, -0.05) is 0 Å². The van der Waals surface area contributed by atoms with Crippen molar-refractivity contribution in [3.63, 3.8) is 0 Å². The molecule has 1 saturated heterocycles. The van der Waals surface area contributed by atoms with Gasteiger partial charge < -0.3 is 14.7 Å². The minimum absolute atomic E-state index is 0.222. The molecule has 19 heavy (non-hydrogen) atoms. The molecule has 0 unspecified atom stereocenters. The zero-order valence-electron chi connectivity index (χ0n) is 11.6. The van der Waals surface area contributed by atoms with E-state index in [1.54, 1.807) is 27.8 Å². The Kier molecular flexibility index (Phi) is 3.21. The van der Waals surface area contributed by atoms with Crippen molar-refractivity contribution in [2.75, 3.05) is 13.1 Å². The summed E-state index contributed by atoms with van der Waals surface area (Å²) < 4.78 is 5.22. The van der Waals surface area contributed by atoms with E-state index in [9.17, 15) is 9.90 Å². The molecule has 0 aliphatic carbocycles.